The summed E-state index contributed by atoms with van der Waals surface area (Å²) in [7, 11) is 0. The van der Waals surface area contributed by atoms with Crippen LogP contribution in [0.25, 0.3) is 0 Å². The lowest BCUT2D eigenvalue weighted by atomic mass is 9.73. The van der Waals surface area contributed by atoms with E-state index in [-0.39, 0.29) is 0 Å². The van der Waals surface area contributed by atoms with Crippen LogP contribution in [-0.2, 0) is 14.4 Å². The molecule has 0 fully saturated rings. The van der Waals surface area contributed by atoms with E-state index < -0.39 is 41.6 Å². The van der Waals surface area contributed by atoms with Crippen molar-refractivity contribution in [3.63, 3.8) is 0 Å². The van der Waals surface area contributed by atoms with Crippen molar-refractivity contribution in [2.24, 2.45) is 41.4 Å². The predicted octanol–water partition coefficient (Wildman–Crippen LogP) is 18.7. The number of hydrogen-bond donors (Lipinski definition) is 3. The molecule has 0 aromatic carbocycles. The van der Waals surface area contributed by atoms with E-state index in [1.165, 1.54) is 173 Å². The average molecular weight is 892 g/mol. The van der Waals surface area contributed by atoms with E-state index >= 15 is 0 Å². The van der Waals surface area contributed by atoms with Gasteiger partial charge in [0.25, 0.3) is 0 Å². The van der Waals surface area contributed by atoms with E-state index in [1.54, 1.807) is 0 Å². The van der Waals surface area contributed by atoms with Gasteiger partial charge in [0.05, 0.1) is 17.8 Å². The Balaban J connectivity index is 5.06. The monoisotopic (exact) mass is 891 g/mol. The largest absolute Gasteiger partial charge is 0.481 e. The van der Waals surface area contributed by atoms with Gasteiger partial charge in [0.2, 0.25) is 0 Å². The van der Waals surface area contributed by atoms with Crippen LogP contribution in [0.2, 0.25) is 0 Å². The third kappa shape index (κ3) is 40.4. The number of carboxylic acid groups (broad SMARTS) is 3. The van der Waals surface area contributed by atoms with Crippen LogP contribution in [0.1, 0.15) is 305 Å². The molecule has 0 radical (unpaired) electrons. The Hall–Kier alpha value is -1.59. The molecule has 3 unspecified atom stereocenters. The van der Waals surface area contributed by atoms with Gasteiger partial charge in [-0.3, -0.25) is 14.4 Å². The highest BCUT2D eigenvalue weighted by molar-refractivity contribution is 5.74. The zero-order valence-electron chi connectivity index (χ0n) is 43.1. The molecular weight excluding hydrogens is 781 g/mol. The van der Waals surface area contributed by atoms with Gasteiger partial charge in [-0.2, -0.15) is 0 Å². The molecule has 0 rings (SSSR count). The van der Waals surface area contributed by atoms with Crippen molar-refractivity contribution in [1.82, 2.24) is 0 Å². The molecule has 0 aliphatic rings. The lowest BCUT2D eigenvalue weighted by molar-refractivity contribution is -0.150. The Labute approximate surface area is 392 Å². The standard InChI is InChI=1S/C57H110O6/c1-48(2)40-34-28-22-16-10-7-13-19-25-31-37-43-51(55(58)59)46-47-52(53(56(60)61)44-38-32-26-20-14-8-11-17-23-29-35-41-49(3)4)54(57(62)63)45-39-33-27-21-15-9-12-18-24-30-36-42-50(5)6/h48-54H,7-47H2,1-6H3,(H,58,59)(H,60,61)(H,62,63). The fourth-order valence-corrected chi connectivity index (χ4v) is 10.1. The molecule has 63 heavy (non-hydrogen) atoms. The van der Waals surface area contributed by atoms with Crippen molar-refractivity contribution in [2.45, 2.75) is 305 Å². The van der Waals surface area contributed by atoms with Gasteiger partial charge in [0.15, 0.2) is 0 Å². The number of hydrogen-bond acceptors (Lipinski definition) is 3. The number of carboxylic acids is 3. The quantitative estimate of drug-likeness (QED) is 0.0525. The fourth-order valence-electron chi connectivity index (χ4n) is 10.1. The maximum Gasteiger partial charge on any atom is 0.306 e. The van der Waals surface area contributed by atoms with Crippen molar-refractivity contribution in [1.29, 1.82) is 0 Å². The molecular formula is C57H110O6. The van der Waals surface area contributed by atoms with Crippen molar-refractivity contribution < 1.29 is 29.7 Å². The first-order chi connectivity index (χ1) is 30.4. The van der Waals surface area contributed by atoms with Crippen molar-refractivity contribution in [2.75, 3.05) is 0 Å². The first-order valence-corrected chi connectivity index (χ1v) is 28.0. The highest BCUT2D eigenvalue weighted by Gasteiger charge is 2.38. The third-order valence-electron chi connectivity index (χ3n) is 14.3. The van der Waals surface area contributed by atoms with Gasteiger partial charge >= 0.3 is 17.9 Å². The summed E-state index contributed by atoms with van der Waals surface area (Å²) < 4.78 is 0. The highest BCUT2D eigenvalue weighted by Crippen LogP contribution is 2.36. The molecule has 6 nitrogen and oxygen atoms in total. The van der Waals surface area contributed by atoms with Crippen LogP contribution in [0.15, 0.2) is 0 Å². The van der Waals surface area contributed by atoms with Gasteiger partial charge in [0.1, 0.15) is 0 Å². The molecule has 0 bridgehead atoms. The summed E-state index contributed by atoms with van der Waals surface area (Å²) in [6.45, 7) is 13.8. The van der Waals surface area contributed by atoms with Gasteiger partial charge in [-0.15, -0.1) is 0 Å². The number of unbranched alkanes of at least 4 members (excludes halogenated alkanes) is 30. The second kappa shape index (κ2) is 44.3. The van der Waals surface area contributed by atoms with E-state index in [9.17, 15) is 29.7 Å². The summed E-state index contributed by atoms with van der Waals surface area (Å²) >= 11 is 0. The van der Waals surface area contributed by atoms with Gasteiger partial charge in [-0.25, -0.2) is 0 Å². The Morgan fingerprint density at radius 3 is 0.667 bits per heavy atom. The molecule has 6 heteroatoms. The van der Waals surface area contributed by atoms with E-state index in [4.69, 9.17) is 0 Å². The Kier molecular flexibility index (Phi) is 43.1. The molecule has 0 saturated carbocycles. The molecule has 0 aromatic rings. The van der Waals surface area contributed by atoms with Crippen molar-refractivity contribution >= 4 is 17.9 Å². The summed E-state index contributed by atoms with van der Waals surface area (Å²) in [5.41, 5.74) is 0. The van der Waals surface area contributed by atoms with Crippen LogP contribution in [-0.4, -0.2) is 33.2 Å². The van der Waals surface area contributed by atoms with Gasteiger partial charge in [0, 0.05) is 0 Å². The average Bonchev–Trinajstić information content (AvgIpc) is 3.22. The molecule has 0 aliphatic carbocycles. The molecule has 0 aliphatic heterocycles. The third-order valence-corrected chi connectivity index (χ3v) is 14.3. The minimum Gasteiger partial charge on any atom is -0.481 e. The Bertz CT molecular complexity index is 970. The molecule has 3 N–H and O–H groups in total. The number of carbonyl (C=O) groups is 3. The summed E-state index contributed by atoms with van der Waals surface area (Å²) in [5, 5.41) is 31.4. The number of aliphatic carboxylic acids is 3. The van der Waals surface area contributed by atoms with Gasteiger partial charge in [-0.1, -0.05) is 273 Å². The van der Waals surface area contributed by atoms with E-state index in [1.807, 2.05) is 0 Å². The molecule has 3 atom stereocenters. The molecule has 0 spiro atoms. The minimum absolute atomic E-state index is 0.358. The SMILES string of the molecule is CC(C)CCCCCCCCCCCCCC(CCC(C(CCCCCCCCCCCCCC(C)C)C(=O)O)C(CCCCCCCCCCCCCC(C)C)C(=O)O)C(=O)O. The van der Waals surface area contributed by atoms with E-state index in [2.05, 4.69) is 41.5 Å². The predicted molar refractivity (Wildman–Crippen MR) is 271 cm³/mol. The summed E-state index contributed by atoms with van der Waals surface area (Å²) in [6, 6.07) is 0. The minimum atomic E-state index is -0.905. The molecule has 0 aromatic heterocycles. The first-order valence-electron chi connectivity index (χ1n) is 28.0. The number of rotatable bonds is 50. The highest BCUT2D eigenvalue weighted by atomic mass is 16.4. The molecule has 0 amide bonds. The smallest absolute Gasteiger partial charge is 0.306 e. The van der Waals surface area contributed by atoms with Crippen LogP contribution < -0.4 is 0 Å². The van der Waals surface area contributed by atoms with E-state index in [0.29, 0.717) is 32.1 Å². The Morgan fingerprint density at radius 2 is 0.460 bits per heavy atom. The second-order valence-corrected chi connectivity index (χ2v) is 21.7. The molecule has 0 heterocycles. The van der Waals surface area contributed by atoms with Crippen LogP contribution in [0.3, 0.4) is 0 Å². The van der Waals surface area contributed by atoms with Crippen LogP contribution in [0.5, 0.6) is 0 Å². The van der Waals surface area contributed by atoms with Crippen LogP contribution in [0.4, 0.5) is 0 Å². The zero-order chi connectivity index (χ0) is 46.8. The fraction of sp³-hybridized carbons (Fsp3) is 0.947. The van der Waals surface area contributed by atoms with Crippen molar-refractivity contribution in [3.05, 3.63) is 0 Å². The summed E-state index contributed by atoms with van der Waals surface area (Å²) in [5.74, 6) is -2.81. The summed E-state index contributed by atoms with van der Waals surface area (Å²) in [4.78, 5) is 38.3. The zero-order valence-corrected chi connectivity index (χ0v) is 43.1. The molecule has 374 valence electrons. The van der Waals surface area contributed by atoms with Gasteiger partial charge < -0.3 is 15.3 Å². The normalized spacial score (nSPS) is 13.9. The lowest BCUT2D eigenvalue weighted by Crippen LogP contribution is -2.35. The Morgan fingerprint density at radius 1 is 0.254 bits per heavy atom. The summed E-state index contributed by atoms with van der Waals surface area (Å²) in [6.07, 6.45) is 46.1. The van der Waals surface area contributed by atoms with Crippen LogP contribution in [0, 0.1) is 41.4 Å². The van der Waals surface area contributed by atoms with Crippen LogP contribution >= 0.6 is 0 Å². The maximum absolute atomic E-state index is 12.9. The molecule has 0 saturated heterocycles. The van der Waals surface area contributed by atoms with E-state index in [0.717, 1.165) is 75.5 Å². The van der Waals surface area contributed by atoms with Crippen molar-refractivity contribution in [3.8, 4) is 0 Å². The maximum atomic E-state index is 12.9. The first kappa shape index (κ1) is 61.4. The lowest BCUT2D eigenvalue weighted by Gasteiger charge is -2.30. The second-order valence-electron chi connectivity index (χ2n) is 21.7. The topological polar surface area (TPSA) is 112 Å². The van der Waals surface area contributed by atoms with Gasteiger partial charge in [-0.05, 0) is 55.8 Å².